The molecule has 0 saturated heterocycles. The molecule has 0 bridgehead atoms. The first-order valence-corrected chi connectivity index (χ1v) is 10.3. The Bertz CT molecular complexity index is 1160. The number of carbonyl (C=O) groups is 2. The van der Waals surface area contributed by atoms with Crippen LogP contribution in [0, 0.1) is 0 Å². The summed E-state index contributed by atoms with van der Waals surface area (Å²) in [4.78, 5) is 29.7. The number of rotatable bonds is 8. The van der Waals surface area contributed by atoms with Crippen molar-refractivity contribution in [3.05, 3.63) is 114 Å². The van der Waals surface area contributed by atoms with Gasteiger partial charge in [0, 0.05) is 17.5 Å². The summed E-state index contributed by atoms with van der Waals surface area (Å²) in [6.07, 6.45) is 1.84. The molecule has 0 saturated carbocycles. The Morgan fingerprint density at radius 1 is 0.875 bits per heavy atom. The molecule has 160 valence electrons. The number of benzene rings is 3. The standard InChI is InChI=1S/C26H22N2O4/c29-24(20-12-6-2-7-13-20)28-23(16-19-10-4-1-5-11-19)26(30)31-18-22-17-27-25(32-22)21-14-8-3-9-15-21/h1-15,17,23H,16,18H2,(H,28,29)/t23-/m0/s1. The van der Waals surface area contributed by atoms with Gasteiger partial charge in [-0.1, -0.05) is 66.7 Å². The highest BCUT2D eigenvalue weighted by atomic mass is 16.5. The summed E-state index contributed by atoms with van der Waals surface area (Å²) in [7, 11) is 0. The average Bonchev–Trinajstić information content (AvgIpc) is 3.33. The summed E-state index contributed by atoms with van der Waals surface area (Å²) in [5.74, 6) is -0.00906. The van der Waals surface area contributed by atoms with Crippen LogP contribution in [0.15, 0.2) is 102 Å². The van der Waals surface area contributed by atoms with Gasteiger partial charge in [-0.3, -0.25) is 4.79 Å². The van der Waals surface area contributed by atoms with Gasteiger partial charge in [0.15, 0.2) is 12.4 Å². The van der Waals surface area contributed by atoms with Gasteiger partial charge in [-0.05, 0) is 29.8 Å². The summed E-state index contributed by atoms with van der Waals surface area (Å²) >= 11 is 0. The predicted octanol–water partition coefficient (Wildman–Crippen LogP) is 4.43. The van der Waals surface area contributed by atoms with E-state index in [4.69, 9.17) is 9.15 Å². The summed E-state index contributed by atoms with van der Waals surface area (Å²) in [5.41, 5.74) is 2.22. The van der Waals surface area contributed by atoms with Crippen molar-refractivity contribution in [3.63, 3.8) is 0 Å². The van der Waals surface area contributed by atoms with Gasteiger partial charge in [0.2, 0.25) is 5.89 Å². The lowest BCUT2D eigenvalue weighted by molar-refractivity contribution is -0.147. The molecule has 1 atom stereocenters. The van der Waals surface area contributed by atoms with Crippen LogP contribution in [0.1, 0.15) is 21.7 Å². The fourth-order valence-electron chi connectivity index (χ4n) is 3.21. The van der Waals surface area contributed by atoms with Crippen LogP contribution in [0.4, 0.5) is 0 Å². The second-order valence-corrected chi connectivity index (χ2v) is 7.19. The Labute approximate surface area is 185 Å². The number of amides is 1. The molecule has 0 aliphatic carbocycles. The Kier molecular flexibility index (Phi) is 6.72. The molecular weight excluding hydrogens is 404 g/mol. The van der Waals surface area contributed by atoms with Crippen LogP contribution in [0.25, 0.3) is 11.5 Å². The smallest absolute Gasteiger partial charge is 0.329 e. The monoisotopic (exact) mass is 426 g/mol. The van der Waals surface area contributed by atoms with Crippen molar-refractivity contribution in [1.29, 1.82) is 0 Å². The number of hydrogen-bond donors (Lipinski definition) is 1. The van der Waals surface area contributed by atoms with Crippen LogP contribution >= 0.6 is 0 Å². The van der Waals surface area contributed by atoms with Gasteiger partial charge in [0.05, 0.1) is 6.20 Å². The number of nitrogens with zero attached hydrogens (tertiary/aromatic N) is 1. The highest BCUT2D eigenvalue weighted by Crippen LogP contribution is 2.19. The summed E-state index contributed by atoms with van der Waals surface area (Å²) in [6, 6.07) is 26.8. The molecule has 1 aromatic heterocycles. The fraction of sp³-hybridized carbons (Fsp3) is 0.115. The van der Waals surface area contributed by atoms with E-state index < -0.39 is 12.0 Å². The zero-order valence-electron chi connectivity index (χ0n) is 17.3. The van der Waals surface area contributed by atoms with Crippen molar-refractivity contribution in [1.82, 2.24) is 10.3 Å². The number of esters is 1. The molecule has 0 spiro atoms. The third kappa shape index (κ3) is 5.49. The third-order valence-corrected chi connectivity index (χ3v) is 4.84. The first-order chi connectivity index (χ1) is 15.7. The molecule has 0 unspecified atom stereocenters. The van der Waals surface area contributed by atoms with E-state index in [9.17, 15) is 9.59 Å². The van der Waals surface area contributed by atoms with E-state index in [1.54, 1.807) is 24.3 Å². The molecular formula is C26H22N2O4. The zero-order valence-corrected chi connectivity index (χ0v) is 17.3. The molecule has 6 nitrogen and oxygen atoms in total. The summed E-state index contributed by atoms with van der Waals surface area (Å²) in [5, 5.41) is 2.79. The highest BCUT2D eigenvalue weighted by molar-refractivity contribution is 5.96. The molecule has 32 heavy (non-hydrogen) atoms. The van der Waals surface area contributed by atoms with Crippen LogP contribution in [-0.2, 0) is 22.6 Å². The van der Waals surface area contributed by atoms with E-state index in [1.165, 1.54) is 6.20 Å². The molecule has 1 N–H and O–H groups in total. The Morgan fingerprint density at radius 3 is 2.19 bits per heavy atom. The van der Waals surface area contributed by atoms with Crippen LogP contribution in [0.5, 0.6) is 0 Å². The lowest BCUT2D eigenvalue weighted by Gasteiger charge is -2.17. The van der Waals surface area contributed by atoms with Gasteiger partial charge >= 0.3 is 5.97 Å². The van der Waals surface area contributed by atoms with E-state index in [0.717, 1.165) is 11.1 Å². The molecule has 0 fully saturated rings. The number of aromatic nitrogens is 1. The number of nitrogens with one attached hydrogen (secondary N) is 1. The number of oxazole rings is 1. The minimum absolute atomic E-state index is 0.0782. The molecule has 0 radical (unpaired) electrons. The Balaban J connectivity index is 1.43. The van der Waals surface area contributed by atoms with Crippen molar-refractivity contribution in [2.24, 2.45) is 0 Å². The normalized spacial score (nSPS) is 11.5. The molecule has 4 rings (SSSR count). The minimum atomic E-state index is -0.846. The van der Waals surface area contributed by atoms with Crippen molar-refractivity contribution in [3.8, 4) is 11.5 Å². The maximum atomic E-state index is 12.9. The topological polar surface area (TPSA) is 81.4 Å². The number of ether oxygens (including phenoxy) is 1. The van der Waals surface area contributed by atoms with Gasteiger partial charge < -0.3 is 14.5 Å². The average molecular weight is 426 g/mol. The number of carbonyl (C=O) groups excluding carboxylic acids is 2. The van der Waals surface area contributed by atoms with E-state index in [-0.39, 0.29) is 12.5 Å². The second-order valence-electron chi connectivity index (χ2n) is 7.19. The van der Waals surface area contributed by atoms with Crippen molar-refractivity contribution in [2.45, 2.75) is 19.1 Å². The van der Waals surface area contributed by atoms with E-state index >= 15 is 0 Å². The molecule has 1 amide bonds. The van der Waals surface area contributed by atoms with Crippen molar-refractivity contribution in [2.75, 3.05) is 0 Å². The minimum Gasteiger partial charge on any atom is -0.456 e. The van der Waals surface area contributed by atoms with Gasteiger partial charge in [-0.25, -0.2) is 9.78 Å². The van der Waals surface area contributed by atoms with Crippen molar-refractivity contribution >= 4 is 11.9 Å². The van der Waals surface area contributed by atoms with Crippen LogP contribution in [0.3, 0.4) is 0 Å². The predicted molar refractivity (Wildman–Crippen MR) is 120 cm³/mol. The molecule has 3 aromatic carbocycles. The zero-order chi connectivity index (χ0) is 22.2. The molecule has 4 aromatic rings. The Morgan fingerprint density at radius 2 is 1.50 bits per heavy atom. The molecule has 0 aliphatic heterocycles. The van der Waals surface area contributed by atoms with Crippen LogP contribution in [-0.4, -0.2) is 22.9 Å². The van der Waals surface area contributed by atoms with Crippen LogP contribution in [0.2, 0.25) is 0 Å². The van der Waals surface area contributed by atoms with Gasteiger partial charge in [0.25, 0.3) is 5.91 Å². The van der Waals surface area contributed by atoms with E-state index in [2.05, 4.69) is 10.3 Å². The first-order valence-electron chi connectivity index (χ1n) is 10.3. The first kappa shape index (κ1) is 21.1. The SMILES string of the molecule is O=C(N[C@@H](Cc1ccccc1)C(=O)OCc1cnc(-c2ccccc2)o1)c1ccccc1. The van der Waals surface area contributed by atoms with Gasteiger partial charge in [-0.15, -0.1) is 0 Å². The fourth-order valence-corrected chi connectivity index (χ4v) is 3.21. The van der Waals surface area contributed by atoms with Gasteiger partial charge in [-0.2, -0.15) is 0 Å². The van der Waals surface area contributed by atoms with E-state index in [0.29, 0.717) is 23.6 Å². The summed E-state index contributed by atoms with van der Waals surface area (Å²) < 4.78 is 11.2. The van der Waals surface area contributed by atoms with Gasteiger partial charge in [0.1, 0.15) is 6.04 Å². The largest absolute Gasteiger partial charge is 0.456 e. The lowest BCUT2D eigenvalue weighted by Crippen LogP contribution is -2.43. The number of hydrogen-bond acceptors (Lipinski definition) is 5. The maximum Gasteiger partial charge on any atom is 0.329 e. The Hall–Kier alpha value is -4.19. The van der Waals surface area contributed by atoms with Crippen LogP contribution < -0.4 is 5.32 Å². The quantitative estimate of drug-likeness (QED) is 0.422. The van der Waals surface area contributed by atoms with Crippen molar-refractivity contribution < 1.29 is 18.7 Å². The molecule has 0 aliphatic rings. The third-order valence-electron chi connectivity index (χ3n) is 4.84. The maximum absolute atomic E-state index is 12.9. The highest BCUT2D eigenvalue weighted by Gasteiger charge is 2.24. The lowest BCUT2D eigenvalue weighted by atomic mass is 10.1. The molecule has 1 heterocycles. The molecule has 6 heteroatoms. The van der Waals surface area contributed by atoms with E-state index in [1.807, 2.05) is 66.7 Å². The second kappa shape index (κ2) is 10.2. The summed E-state index contributed by atoms with van der Waals surface area (Å²) in [6.45, 7) is -0.0782.